The number of aliphatic hydroxyl groups is 1. The molecule has 214 valence electrons. The monoisotopic (exact) mass is 551 g/mol. The number of β-amino-alcohol motifs (C(OH)–C–C–N with tert-alkyl or cyclic N) is 1. The number of rotatable bonds is 11. The van der Waals surface area contributed by atoms with Gasteiger partial charge in [-0.25, -0.2) is 4.79 Å². The summed E-state index contributed by atoms with van der Waals surface area (Å²) < 4.78 is 33.7. The topological polar surface area (TPSA) is 95.9 Å². The van der Waals surface area contributed by atoms with Crippen LogP contribution < -0.4 is 23.7 Å². The lowest BCUT2D eigenvalue weighted by Crippen LogP contribution is -2.42. The third kappa shape index (κ3) is 6.20. The molecule has 1 aliphatic heterocycles. The zero-order chi connectivity index (χ0) is 28.6. The number of aryl methyl sites for hydroxylation is 1. The van der Waals surface area contributed by atoms with Gasteiger partial charge in [-0.3, -0.25) is 4.90 Å². The Bertz CT molecular complexity index is 1270. The zero-order valence-corrected chi connectivity index (χ0v) is 23.6. The van der Waals surface area contributed by atoms with Crippen LogP contribution in [0.3, 0.4) is 0 Å². The summed E-state index contributed by atoms with van der Waals surface area (Å²) in [7, 11) is 6.28. The molecule has 3 aromatic carbocycles. The Labute approximate surface area is 235 Å². The highest BCUT2D eigenvalue weighted by atomic mass is 16.6. The summed E-state index contributed by atoms with van der Waals surface area (Å²) in [5.74, 6) is 2.67. The Morgan fingerprint density at radius 2 is 1.50 bits per heavy atom. The predicted molar refractivity (Wildman–Crippen MR) is 150 cm³/mol. The highest BCUT2D eigenvalue weighted by Gasteiger charge is 2.37. The van der Waals surface area contributed by atoms with Crippen LogP contribution in [0.1, 0.15) is 47.7 Å². The molecule has 1 heterocycles. The van der Waals surface area contributed by atoms with Crippen LogP contribution >= 0.6 is 0 Å². The smallest absolute Gasteiger partial charge is 0.410 e. The van der Waals surface area contributed by atoms with E-state index in [1.807, 2.05) is 48.5 Å². The van der Waals surface area contributed by atoms with Gasteiger partial charge in [-0.15, -0.1) is 0 Å². The molecular weight excluding hydrogens is 514 g/mol. The van der Waals surface area contributed by atoms with E-state index in [0.29, 0.717) is 53.8 Å². The molecule has 0 bridgehead atoms. The number of benzene rings is 3. The number of fused-ring (bicyclic) bond motifs is 1. The second kappa shape index (κ2) is 13.3. The maximum absolute atomic E-state index is 13.1. The van der Waals surface area contributed by atoms with Crippen molar-refractivity contribution in [1.29, 1.82) is 0 Å². The number of nitrogens with zero attached hydrogens (tertiary/aromatic N) is 1. The average Bonchev–Trinajstić information content (AvgIpc) is 2.98. The molecule has 0 saturated carbocycles. The average molecular weight is 552 g/mol. The van der Waals surface area contributed by atoms with Crippen molar-refractivity contribution < 1.29 is 38.3 Å². The largest absolute Gasteiger partial charge is 0.493 e. The summed E-state index contributed by atoms with van der Waals surface area (Å²) >= 11 is 0. The highest BCUT2D eigenvalue weighted by molar-refractivity contribution is 5.69. The minimum atomic E-state index is -0.908. The number of hydrogen-bond donors (Lipinski definition) is 1. The van der Waals surface area contributed by atoms with Gasteiger partial charge < -0.3 is 33.5 Å². The molecule has 0 unspecified atom stereocenters. The quantitative estimate of drug-likeness (QED) is 0.335. The predicted octanol–water partition coefficient (Wildman–Crippen LogP) is 5.48. The van der Waals surface area contributed by atoms with Gasteiger partial charge >= 0.3 is 6.09 Å². The van der Waals surface area contributed by atoms with E-state index in [-0.39, 0.29) is 19.2 Å². The molecule has 3 aromatic rings. The normalized spacial score (nSPS) is 16.1. The van der Waals surface area contributed by atoms with Crippen LogP contribution in [0.4, 0.5) is 4.79 Å². The summed E-state index contributed by atoms with van der Waals surface area (Å²) in [6, 6.07) is 16.9. The van der Waals surface area contributed by atoms with E-state index in [1.165, 1.54) is 0 Å². The first-order valence-electron chi connectivity index (χ1n) is 13.2. The molecule has 0 fully saturated rings. The van der Waals surface area contributed by atoms with E-state index < -0.39 is 12.2 Å². The summed E-state index contributed by atoms with van der Waals surface area (Å²) in [5.41, 5.74) is 3.43. The maximum atomic E-state index is 13.1. The molecule has 1 aliphatic rings. The van der Waals surface area contributed by atoms with E-state index in [1.54, 1.807) is 46.3 Å². The van der Waals surface area contributed by atoms with Crippen molar-refractivity contribution >= 4 is 6.09 Å². The molecule has 0 aromatic heterocycles. The van der Waals surface area contributed by atoms with Gasteiger partial charge in [-0.2, -0.15) is 0 Å². The lowest BCUT2D eigenvalue weighted by Gasteiger charge is -2.39. The number of amides is 1. The van der Waals surface area contributed by atoms with E-state index >= 15 is 0 Å². The molecule has 0 saturated heterocycles. The second-order valence-electron chi connectivity index (χ2n) is 9.36. The van der Waals surface area contributed by atoms with Crippen LogP contribution in [0.5, 0.6) is 28.7 Å². The number of ether oxygens (including phenoxy) is 6. The molecule has 0 spiro atoms. The molecule has 40 heavy (non-hydrogen) atoms. The number of hydrogen-bond acceptors (Lipinski definition) is 8. The summed E-state index contributed by atoms with van der Waals surface area (Å²) in [4.78, 5) is 14.6. The van der Waals surface area contributed by atoms with Gasteiger partial charge in [0.25, 0.3) is 0 Å². The number of methoxy groups -OCH3 is 4. The Morgan fingerprint density at radius 3 is 2.10 bits per heavy atom. The van der Waals surface area contributed by atoms with Gasteiger partial charge in [0.1, 0.15) is 6.61 Å². The van der Waals surface area contributed by atoms with Crippen LogP contribution in [-0.2, 0) is 17.8 Å². The molecule has 0 radical (unpaired) electrons. The van der Waals surface area contributed by atoms with Gasteiger partial charge in [0, 0.05) is 0 Å². The van der Waals surface area contributed by atoms with Crippen LogP contribution in [0, 0.1) is 0 Å². The summed E-state index contributed by atoms with van der Waals surface area (Å²) in [6.07, 6.45) is -0.265. The molecule has 0 aliphatic carbocycles. The fourth-order valence-electron chi connectivity index (χ4n) is 5.06. The van der Waals surface area contributed by atoms with E-state index in [4.69, 9.17) is 28.4 Å². The maximum Gasteiger partial charge on any atom is 0.410 e. The van der Waals surface area contributed by atoms with Gasteiger partial charge in [-0.1, -0.05) is 30.3 Å². The number of aliphatic hydroxyl groups excluding tert-OH is 1. The van der Waals surface area contributed by atoms with Crippen molar-refractivity contribution in [2.45, 2.75) is 38.5 Å². The van der Waals surface area contributed by atoms with Crippen molar-refractivity contribution in [3.05, 3.63) is 76.9 Å². The SMILES string of the molecule is CCOC(=O)N1C[C@H](O)c2cc(OC)c(OCc3ccccc3)cc2[C@H]1CCc1cc(OC)c(OC)c(OC)c1. The standard InChI is InChI=1S/C31H37NO8/c1-6-39-31(34)32-18-25(33)23-17-26(35-2)27(40-19-20-10-8-7-9-11-20)16-22(23)24(32)13-12-21-14-28(36-3)30(38-5)29(15-21)37-4/h7-11,14-17,24-25,33H,6,12-13,18-19H2,1-5H3/t24-,25+/m1/s1. The number of carbonyl (C=O) groups excluding carboxylic acids is 1. The van der Waals surface area contributed by atoms with E-state index in [9.17, 15) is 9.90 Å². The van der Waals surface area contributed by atoms with Crippen LogP contribution in [-0.4, -0.2) is 57.7 Å². The van der Waals surface area contributed by atoms with E-state index in [2.05, 4.69) is 0 Å². The van der Waals surface area contributed by atoms with E-state index in [0.717, 1.165) is 16.7 Å². The lowest BCUT2D eigenvalue weighted by molar-refractivity contribution is 0.0426. The van der Waals surface area contributed by atoms with Gasteiger partial charge in [-0.05, 0) is 66.3 Å². The Hall–Kier alpha value is -4.11. The van der Waals surface area contributed by atoms with Crippen LogP contribution in [0.2, 0.25) is 0 Å². The zero-order valence-electron chi connectivity index (χ0n) is 23.6. The van der Waals surface area contributed by atoms with Crippen LogP contribution in [0.25, 0.3) is 0 Å². The molecule has 9 heteroatoms. The molecule has 4 rings (SSSR count). The molecule has 1 N–H and O–H groups in total. The first kappa shape index (κ1) is 28.9. The molecule has 9 nitrogen and oxygen atoms in total. The van der Waals surface area contributed by atoms with Gasteiger partial charge in [0.2, 0.25) is 5.75 Å². The van der Waals surface area contributed by atoms with Crippen LogP contribution in [0.15, 0.2) is 54.6 Å². The first-order chi connectivity index (χ1) is 19.4. The second-order valence-corrected chi connectivity index (χ2v) is 9.36. The van der Waals surface area contributed by atoms with Gasteiger partial charge in [0.05, 0.1) is 53.7 Å². The third-order valence-electron chi connectivity index (χ3n) is 7.00. The van der Waals surface area contributed by atoms with Crippen molar-refractivity contribution in [3.8, 4) is 28.7 Å². The number of carbonyl (C=O) groups is 1. The minimum Gasteiger partial charge on any atom is -0.493 e. The van der Waals surface area contributed by atoms with Gasteiger partial charge in [0.15, 0.2) is 23.0 Å². The van der Waals surface area contributed by atoms with Crippen molar-refractivity contribution in [2.24, 2.45) is 0 Å². The third-order valence-corrected chi connectivity index (χ3v) is 7.00. The minimum absolute atomic E-state index is 0.0964. The fraction of sp³-hybridized carbons (Fsp3) is 0.387. The van der Waals surface area contributed by atoms with Crippen molar-refractivity contribution in [1.82, 2.24) is 4.90 Å². The highest BCUT2D eigenvalue weighted by Crippen LogP contribution is 2.44. The first-order valence-corrected chi connectivity index (χ1v) is 13.2. The van der Waals surface area contributed by atoms with Crippen molar-refractivity contribution in [2.75, 3.05) is 41.6 Å². The summed E-state index contributed by atoms with van der Waals surface area (Å²) in [5, 5.41) is 11.1. The molecular formula is C31H37NO8. The summed E-state index contributed by atoms with van der Waals surface area (Å²) in [6.45, 7) is 2.43. The molecule has 1 amide bonds. The Morgan fingerprint density at radius 1 is 0.850 bits per heavy atom. The van der Waals surface area contributed by atoms with Crippen molar-refractivity contribution in [3.63, 3.8) is 0 Å². The Kier molecular flexibility index (Phi) is 9.60. The fourth-order valence-corrected chi connectivity index (χ4v) is 5.06. The lowest BCUT2D eigenvalue weighted by atomic mass is 9.87. The molecule has 2 atom stereocenters. The Balaban J connectivity index is 1.70.